The molecular weight excluding hydrogens is 454 g/mol. The van der Waals surface area contributed by atoms with E-state index in [1.165, 1.54) is 28.5 Å². The Morgan fingerprint density at radius 2 is 2.03 bits per heavy atom. The second-order valence-corrected chi connectivity index (χ2v) is 8.16. The second kappa shape index (κ2) is 8.87. The molecule has 0 aliphatic carbocycles. The van der Waals surface area contributed by atoms with Crippen LogP contribution in [0.1, 0.15) is 15.9 Å². The number of rotatable bonds is 6. The lowest BCUT2D eigenvalue weighted by Crippen LogP contribution is -2.28. The summed E-state index contributed by atoms with van der Waals surface area (Å²) in [6.45, 7) is -0.618. The quantitative estimate of drug-likeness (QED) is 0.436. The molecule has 168 valence electrons. The Balaban J connectivity index is 1.66. The highest BCUT2D eigenvalue weighted by Crippen LogP contribution is 2.30. The molecule has 2 aromatic carbocycles. The fourth-order valence-electron chi connectivity index (χ4n) is 3.21. The van der Waals surface area contributed by atoms with Gasteiger partial charge in [0.15, 0.2) is 22.2 Å². The van der Waals surface area contributed by atoms with Gasteiger partial charge in [-0.15, -0.1) is 4.91 Å². The zero-order valence-corrected chi connectivity index (χ0v) is 18.0. The average molecular weight is 470 g/mol. The molecule has 33 heavy (non-hydrogen) atoms. The molecule has 1 N–H and O–H groups in total. The van der Waals surface area contributed by atoms with Crippen molar-refractivity contribution in [2.24, 2.45) is 5.18 Å². The number of fused-ring (bicyclic) bond motifs is 1. The molecule has 8 nitrogen and oxygen atoms in total. The minimum Gasteiger partial charge on any atom is -0.503 e. The van der Waals surface area contributed by atoms with Crippen LogP contribution in [0.15, 0.2) is 52.6 Å². The number of carbonyl (C=O) groups excluding carboxylic acids is 1. The molecule has 0 aliphatic rings. The average Bonchev–Trinajstić information content (AvgIpc) is 3.35. The van der Waals surface area contributed by atoms with Gasteiger partial charge in [0.05, 0.1) is 10.2 Å². The fraction of sp³-hybridized carbons (Fsp3) is 0.136. The molecule has 0 unspecified atom stereocenters. The minimum absolute atomic E-state index is 0.00723. The lowest BCUT2D eigenvalue weighted by molar-refractivity contribution is 0.0786. The van der Waals surface area contributed by atoms with E-state index in [1.807, 2.05) is 0 Å². The molecule has 2 aromatic heterocycles. The van der Waals surface area contributed by atoms with E-state index in [0.29, 0.717) is 21.8 Å². The SMILES string of the molecule is CN(CCF)C(=O)c1ccc(-c2cn3c(=O)c(=Cc4cc(F)c(O)c(N=O)c4)sc3n2)cc1. The van der Waals surface area contributed by atoms with Crippen molar-refractivity contribution in [3.05, 3.63) is 79.3 Å². The summed E-state index contributed by atoms with van der Waals surface area (Å²) in [7, 11) is 1.52. The predicted molar refractivity (Wildman–Crippen MR) is 120 cm³/mol. The van der Waals surface area contributed by atoms with Crippen LogP contribution in [0, 0.1) is 10.7 Å². The number of alkyl halides is 1. The molecular formula is C22H16F2N4O4S. The van der Waals surface area contributed by atoms with Crippen LogP contribution in [0.4, 0.5) is 14.5 Å². The fourth-order valence-corrected chi connectivity index (χ4v) is 4.17. The summed E-state index contributed by atoms with van der Waals surface area (Å²) < 4.78 is 27.8. The summed E-state index contributed by atoms with van der Waals surface area (Å²) in [6, 6.07) is 8.75. The number of nitrogens with zero attached hydrogens (tertiary/aromatic N) is 4. The number of benzene rings is 2. The Morgan fingerprint density at radius 1 is 1.30 bits per heavy atom. The topological polar surface area (TPSA) is 104 Å². The van der Waals surface area contributed by atoms with Gasteiger partial charge < -0.3 is 10.0 Å². The Labute approximate surface area is 189 Å². The van der Waals surface area contributed by atoms with Gasteiger partial charge in [0.1, 0.15) is 6.67 Å². The largest absolute Gasteiger partial charge is 0.503 e. The highest BCUT2D eigenvalue weighted by molar-refractivity contribution is 7.15. The van der Waals surface area contributed by atoms with Gasteiger partial charge in [-0.1, -0.05) is 23.5 Å². The number of aromatic nitrogens is 2. The van der Waals surface area contributed by atoms with Crippen molar-refractivity contribution in [3.63, 3.8) is 0 Å². The van der Waals surface area contributed by atoms with Crippen LogP contribution in [0.25, 0.3) is 22.3 Å². The maximum atomic E-state index is 13.8. The van der Waals surface area contributed by atoms with Crippen molar-refractivity contribution in [3.8, 4) is 17.0 Å². The standard InChI is InChI=1S/C22H16F2N4O4S/c1-27(7-6-23)20(30)14-4-2-13(3-5-14)17-11-28-21(31)18(33-22(28)25-17)10-12-8-15(24)19(29)16(9-12)26-32/h2-5,8-11,29H,6-7H2,1H3. The first kappa shape index (κ1) is 22.2. The van der Waals surface area contributed by atoms with E-state index in [1.54, 1.807) is 30.5 Å². The number of thiazole rings is 1. The van der Waals surface area contributed by atoms with Gasteiger partial charge in [-0.2, -0.15) is 0 Å². The highest BCUT2D eigenvalue weighted by Gasteiger charge is 2.14. The van der Waals surface area contributed by atoms with Gasteiger partial charge in [0.2, 0.25) is 0 Å². The second-order valence-electron chi connectivity index (χ2n) is 7.15. The molecule has 0 atom stereocenters. The summed E-state index contributed by atoms with van der Waals surface area (Å²) in [5.74, 6) is -2.17. The number of aromatic hydroxyl groups is 1. The molecule has 4 rings (SSSR count). The van der Waals surface area contributed by atoms with E-state index in [4.69, 9.17) is 0 Å². The first-order valence-corrected chi connectivity index (χ1v) is 10.5. The number of imidazole rings is 1. The summed E-state index contributed by atoms with van der Waals surface area (Å²) in [4.78, 5) is 41.9. The maximum Gasteiger partial charge on any atom is 0.274 e. The number of carbonyl (C=O) groups is 1. The van der Waals surface area contributed by atoms with Crippen LogP contribution in [0.3, 0.4) is 0 Å². The Kier molecular flexibility index (Phi) is 5.97. The molecule has 0 fully saturated rings. The summed E-state index contributed by atoms with van der Waals surface area (Å²) in [5, 5.41) is 12.0. The Bertz CT molecular complexity index is 1480. The molecule has 4 aromatic rings. The molecule has 1 amide bonds. The Morgan fingerprint density at radius 3 is 2.67 bits per heavy atom. The summed E-state index contributed by atoms with van der Waals surface area (Å²) >= 11 is 1.07. The molecule has 11 heteroatoms. The van der Waals surface area contributed by atoms with Crippen LogP contribution in [-0.4, -0.2) is 45.6 Å². The summed E-state index contributed by atoms with van der Waals surface area (Å²) in [5.41, 5.74) is 0.951. The normalized spacial score (nSPS) is 11.8. The van der Waals surface area contributed by atoms with Crippen LogP contribution < -0.4 is 10.1 Å². The van der Waals surface area contributed by atoms with Crippen molar-refractivity contribution in [1.29, 1.82) is 0 Å². The lowest BCUT2D eigenvalue weighted by Gasteiger charge is -2.15. The number of phenolic OH excluding ortho intramolecular Hbond substituents is 1. The maximum absolute atomic E-state index is 13.8. The zero-order chi connectivity index (χ0) is 23.7. The van der Waals surface area contributed by atoms with Gasteiger partial charge >= 0.3 is 0 Å². The number of nitroso groups, excluding NO2 is 1. The first-order chi connectivity index (χ1) is 15.8. The number of hydrogen-bond acceptors (Lipinski definition) is 7. The van der Waals surface area contributed by atoms with Crippen molar-refractivity contribution in [1.82, 2.24) is 14.3 Å². The molecule has 2 heterocycles. The number of amides is 1. The first-order valence-electron chi connectivity index (χ1n) is 9.63. The lowest BCUT2D eigenvalue weighted by atomic mass is 10.1. The Hall–Kier alpha value is -3.99. The van der Waals surface area contributed by atoms with Crippen molar-refractivity contribution in [2.75, 3.05) is 20.3 Å². The van der Waals surface area contributed by atoms with Crippen molar-refractivity contribution in [2.45, 2.75) is 0 Å². The van der Waals surface area contributed by atoms with Crippen molar-refractivity contribution >= 4 is 34.0 Å². The third kappa shape index (κ3) is 4.22. The third-order valence-electron chi connectivity index (χ3n) is 4.96. The van der Waals surface area contributed by atoms with Crippen molar-refractivity contribution < 1.29 is 18.7 Å². The van der Waals surface area contributed by atoms with Gasteiger partial charge in [-0.05, 0) is 41.1 Å². The molecule has 0 radical (unpaired) electrons. The van der Waals surface area contributed by atoms with E-state index in [0.717, 1.165) is 17.4 Å². The number of halogens is 2. The van der Waals surface area contributed by atoms with Crippen LogP contribution >= 0.6 is 11.3 Å². The highest BCUT2D eigenvalue weighted by atomic mass is 32.1. The third-order valence-corrected chi connectivity index (χ3v) is 5.94. The van der Waals surface area contributed by atoms with Gasteiger partial charge in [-0.25, -0.2) is 13.8 Å². The van der Waals surface area contributed by atoms with Crippen LogP contribution in [-0.2, 0) is 0 Å². The zero-order valence-electron chi connectivity index (χ0n) is 17.2. The van der Waals surface area contributed by atoms with Gasteiger partial charge in [-0.3, -0.25) is 14.0 Å². The van der Waals surface area contributed by atoms with E-state index in [2.05, 4.69) is 10.2 Å². The predicted octanol–water partition coefficient (Wildman–Crippen LogP) is 3.25. The molecule has 0 saturated carbocycles. The molecule has 0 saturated heterocycles. The van der Waals surface area contributed by atoms with E-state index >= 15 is 0 Å². The minimum atomic E-state index is -1.02. The van der Waals surface area contributed by atoms with E-state index in [-0.39, 0.29) is 28.1 Å². The summed E-state index contributed by atoms with van der Waals surface area (Å²) in [6.07, 6.45) is 2.93. The number of hydrogen-bond donors (Lipinski definition) is 1. The van der Waals surface area contributed by atoms with Crippen LogP contribution in [0.2, 0.25) is 0 Å². The monoisotopic (exact) mass is 470 g/mol. The van der Waals surface area contributed by atoms with Gasteiger partial charge in [0, 0.05) is 30.9 Å². The van der Waals surface area contributed by atoms with E-state index in [9.17, 15) is 28.4 Å². The molecule has 0 aliphatic heterocycles. The van der Waals surface area contributed by atoms with E-state index < -0.39 is 23.9 Å². The van der Waals surface area contributed by atoms with Gasteiger partial charge in [0.25, 0.3) is 11.5 Å². The number of phenols is 1. The smallest absolute Gasteiger partial charge is 0.274 e. The molecule has 0 bridgehead atoms. The van der Waals surface area contributed by atoms with Crippen LogP contribution in [0.5, 0.6) is 5.75 Å². The molecule has 0 spiro atoms.